The van der Waals surface area contributed by atoms with E-state index in [0.29, 0.717) is 5.56 Å². The van der Waals surface area contributed by atoms with Gasteiger partial charge in [-0.15, -0.1) is 11.3 Å². The highest BCUT2D eigenvalue weighted by Gasteiger charge is 2.41. The first-order valence-corrected chi connectivity index (χ1v) is 9.96. The van der Waals surface area contributed by atoms with E-state index in [4.69, 9.17) is 14.6 Å². The number of para-hydroxylation sites is 1. The average Bonchev–Trinajstić information content (AvgIpc) is 3.42. The van der Waals surface area contributed by atoms with E-state index in [2.05, 4.69) is 17.5 Å². The van der Waals surface area contributed by atoms with Gasteiger partial charge < -0.3 is 9.47 Å². The molecule has 2 atom stereocenters. The third-order valence-corrected chi connectivity index (χ3v) is 6.04. The van der Waals surface area contributed by atoms with Gasteiger partial charge in [0.15, 0.2) is 0 Å². The van der Waals surface area contributed by atoms with E-state index < -0.39 is 0 Å². The van der Waals surface area contributed by atoms with Crippen molar-refractivity contribution in [2.75, 3.05) is 7.11 Å². The zero-order valence-electron chi connectivity index (χ0n) is 15.2. The first-order chi connectivity index (χ1) is 13.7. The molecule has 140 valence electrons. The van der Waals surface area contributed by atoms with Crippen molar-refractivity contribution in [2.45, 2.75) is 18.7 Å². The Labute approximate surface area is 166 Å². The molecule has 0 N–H and O–H groups in total. The predicted molar refractivity (Wildman–Crippen MR) is 108 cm³/mol. The minimum Gasteiger partial charge on any atom is -0.465 e. The van der Waals surface area contributed by atoms with Crippen LogP contribution >= 0.6 is 11.3 Å². The molecule has 2 unspecified atom stereocenters. The number of hydrogen-bond donors (Lipinski definition) is 0. The molecule has 0 bridgehead atoms. The summed E-state index contributed by atoms with van der Waals surface area (Å²) in [5.41, 5.74) is 3.70. The standard InChI is InChI=1S/C22H18N2O3S/c1-26-22(25)15-10-8-14(9-11-15)21-24-18(16-5-2-3-6-19(16)27-21)13-17(23-24)20-7-4-12-28-20/h2-12,18,21H,13H2,1H3. The van der Waals surface area contributed by atoms with E-state index >= 15 is 0 Å². The van der Waals surface area contributed by atoms with Gasteiger partial charge in [0.25, 0.3) is 0 Å². The van der Waals surface area contributed by atoms with Crippen LogP contribution in [0.5, 0.6) is 5.75 Å². The summed E-state index contributed by atoms with van der Waals surface area (Å²) >= 11 is 1.70. The Kier molecular flexibility index (Phi) is 4.13. The van der Waals surface area contributed by atoms with Crippen molar-refractivity contribution >= 4 is 23.0 Å². The van der Waals surface area contributed by atoms with Gasteiger partial charge in [-0.2, -0.15) is 5.10 Å². The molecule has 2 aliphatic rings. The van der Waals surface area contributed by atoms with Gasteiger partial charge in [-0.05, 0) is 29.6 Å². The number of esters is 1. The fraction of sp³-hybridized carbons (Fsp3) is 0.182. The second kappa shape index (κ2) is 6.80. The van der Waals surface area contributed by atoms with Crippen LogP contribution in [0.1, 0.15) is 45.1 Å². The number of carbonyl (C=O) groups is 1. The summed E-state index contributed by atoms with van der Waals surface area (Å²) in [5.74, 6) is 0.534. The van der Waals surface area contributed by atoms with Gasteiger partial charge in [-0.25, -0.2) is 9.80 Å². The van der Waals surface area contributed by atoms with Crippen molar-refractivity contribution in [3.63, 3.8) is 0 Å². The molecular weight excluding hydrogens is 372 g/mol. The molecule has 6 heteroatoms. The number of benzene rings is 2. The van der Waals surface area contributed by atoms with Crippen LogP contribution in [0.2, 0.25) is 0 Å². The third-order valence-electron chi connectivity index (χ3n) is 5.12. The van der Waals surface area contributed by atoms with Crippen molar-refractivity contribution in [1.29, 1.82) is 0 Å². The maximum absolute atomic E-state index is 11.7. The Hall–Kier alpha value is -3.12. The van der Waals surface area contributed by atoms with Crippen molar-refractivity contribution in [2.24, 2.45) is 5.10 Å². The van der Waals surface area contributed by atoms with Gasteiger partial charge in [0.05, 0.1) is 29.3 Å². The van der Waals surface area contributed by atoms with E-state index in [1.165, 1.54) is 12.0 Å². The highest BCUT2D eigenvalue weighted by molar-refractivity contribution is 7.12. The van der Waals surface area contributed by atoms with Crippen molar-refractivity contribution < 1.29 is 14.3 Å². The average molecular weight is 390 g/mol. The highest BCUT2D eigenvalue weighted by atomic mass is 32.1. The molecule has 0 spiro atoms. The molecule has 3 heterocycles. The molecule has 0 radical (unpaired) electrons. The van der Waals surface area contributed by atoms with Crippen LogP contribution in [0.25, 0.3) is 0 Å². The molecule has 5 nitrogen and oxygen atoms in total. The number of rotatable bonds is 3. The smallest absolute Gasteiger partial charge is 0.337 e. The summed E-state index contributed by atoms with van der Waals surface area (Å²) in [4.78, 5) is 12.9. The minimum atomic E-state index is -0.349. The Morgan fingerprint density at radius 2 is 1.96 bits per heavy atom. The third kappa shape index (κ3) is 2.77. The van der Waals surface area contributed by atoms with E-state index in [1.54, 1.807) is 23.5 Å². The maximum Gasteiger partial charge on any atom is 0.337 e. The Bertz CT molecular complexity index is 1040. The monoisotopic (exact) mass is 390 g/mol. The summed E-state index contributed by atoms with van der Waals surface area (Å²) in [6.45, 7) is 0. The first-order valence-electron chi connectivity index (χ1n) is 9.08. The van der Waals surface area contributed by atoms with Crippen molar-refractivity contribution in [3.8, 4) is 5.75 Å². The topological polar surface area (TPSA) is 51.1 Å². The van der Waals surface area contributed by atoms with E-state index in [0.717, 1.165) is 29.0 Å². The number of carbonyl (C=O) groups excluding carboxylic acids is 1. The summed E-state index contributed by atoms with van der Waals surface area (Å²) in [6, 6.07) is 19.8. The molecule has 28 heavy (non-hydrogen) atoms. The number of nitrogens with zero attached hydrogens (tertiary/aromatic N) is 2. The predicted octanol–water partition coefficient (Wildman–Crippen LogP) is 4.78. The molecule has 2 aliphatic heterocycles. The first kappa shape index (κ1) is 17.0. The fourth-order valence-electron chi connectivity index (χ4n) is 3.75. The molecule has 2 aromatic carbocycles. The summed E-state index contributed by atoms with van der Waals surface area (Å²) in [5, 5.41) is 9.04. The lowest BCUT2D eigenvalue weighted by molar-refractivity contribution is -0.0190. The molecule has 0 amide bonds. The normalized spacial score (nSPS) is 20.0. The molecule has 0 saturated heterocycles. The number of thiophene rings is 1. The highest BCUT2D eigenvalue weighted by Crippen LogP contribution is 2.47. The lowest BCUT2D eigenvalue weighted by Gasteiger charge is -2.38. The van der Waals surface area contributed by atoms with Crippen LogP contribution in [0.15, 0.2) is 71.1 Å². The minimum absolute atomic E-state index is 0.132. The van der Waals surface area contributed by atoms with Gasteiger partial charge in [-0.1, -0.05) is 36.4 Å². The molecule has 0 fully saturated rings. The van der Waals surface area contributed by atoms with Crippen LogP contribution in [-0.2, 0) is 4.74 Å². The van der Waals surface area contributed by atoms with Crippen LogP contribution in [0.3, 0.4) is 0 Å². The Balaban J connectivity index is 1.54. The molecule has 1 aromatic heterocycles. The van der Waals surface area contributed by atoms with Gasteiger partial charge in [0, 0.05) is 17.5 Å². The second-order valence-corrected chi connectivity index (χ2v) is 7.69. The zero-order valence-corrected chi connectivity index (χ0v) is 16.1. The SMILES string of the molecule is COC(=O)c1ccc(C2Oc3ccccc3C3CC(c4cccs4)=NN32)cc1. The van der Waals surface area contributed by atoms with Crippen molar-refractivity contribution in [1.82, 2.24) is 5.01 Å². The summed E-state index contributed by atoms with van der Waals surface area (Å²) < 4.78 is 11.1. The zero-order chi connectivity index (χ0) is 19.1. The number of methoxy groups -OCH3 is 1. The Morgan fingerprint density at radius 3 is 2.71 bits per heavy atom. The maximum atomic E-state index is 11.7. The van der Waals surface area contributed by atoms with Gasteiger partial charge in [0.1, 0.15) is 5.75 Å². The lowest BCUT2D eigenvalue weighted by Crippen LogP contribution is -2.33. The Morgan fingerprint density at radius 1 is 1.14 bits per heavy atom. The van der Waals surface area contributed by atoms with Crippen LogP contribution in [0.4, 0.5) is 0 Å². The van der Waals surface area contributed by atoms with Crippen LogP contribution in [0, 0.1) is 0 Å². The van der Waals surface area contributed by atoms with Gasteiger partial charge in [-0.3, -0.25) is 0 Å². The fourth-order valence-corrected chi connectivity index (χ4v) is 4.47. The van der Waals surface area contributed by atoms with Crippen molar-refractivity contribution in [3.05, 3.63) is 87.6 Å². The lowest BCUT2D eigenvalue weighted by atomic mass is 9.97. The van der Waals surface area contributed by atoms with Gasteiger partial charge >= 0.3 is 5.97 Å². The molecule has 5 rings (SSSR count). The quantitative estimate of drug-likeness (QED) is 0.604. The number of hydrogen-bond acceptors (Lipinski definition) is 6. The molecule has 0 saturated carbocycles. The van der Waals surface area contributed by atoms with E-state index in [1.807, 2.05) is 41.4 Å². The molecule has 0 aliphatic carbocycles. The molecule has 3 aromatic rings. The number of hydrazone groups is 1. The van der Waals surface area contributed by atoms with E-state index in [-0.39, 0.29) is 18.2 Å². The number of fused-ring (bicyclic) bond motifs is 3. The summed E-state index contributed by atoms with van der Waals surface area (Å²) in [6.07, 6.45) is 0.501. The van der Waals surface area contributed by atoms with E-state index in [9.17, 15) is 4.79 Å². The second-order valence-electron chi connectivity index (χ2n) is 6.75. The number of ether oxygens (including phenoxy) is 2. The molecular formula is C22H18N2O3S. The summed E-state index contributed by atoms with van der Waals surface area (Å²) in [7, 11) is 1.38. The van der Waals surface area contributed by atoms with Crippen LogP contribution in [-0.4, -0.2) is 23.8 Å². The van der Waals surface area contributed by atoms with Crippen LogP contribution < -0.4 is 4.74 Å². The van der Waals surface area contributed by atoms with Gasteiger partial charge in [0.2, 0.25) is 6.23 Å². The largest absolute Gasteiger partial charge is 0.465 e.